The fraction of sp³-hybridized carbons (Fsp3) is 0.250. The van der Waals surface area contributed by atoms with Gasteiger partial charge in [0.05, 0.1) is 151 Å². The second kappa shape index (κ2) is 30.9. The summed E-state index contributed by atoms with van der Waals surface area (Å²) in [5.74, 6) is 0. The van der Waals surface area contributed by atoms with Crippen LogP contribution in [0.2, 0.25) is 151 Å². The molecule has 4 nitrogen and oxygen atoms in total. The van der Waals surface area contributed by atoms with Crippen molar-refractivity contribution >= 4 is 348 Å². The molecule has 0 amide bonds. The van der Waals surface area contributed by atoms with Crippen molar-refractivity contribution in [3.8, 4) is 0 Å². The van der Waals surface area contributed by atoms with E-state index >= 15 is 0 Å². The van der Waals surface area contributed by atoms with Crippen LogP contribution in [0.4, 0.5) is 0 Å². The van der Waals surface area contributed by atoms with Crippen molar-refractivity contribution in [1.29, 1.82) is 0 Å². The predicted molar refractivity (Wildman–Crippen MR) is 368 cm³/mol. The van der Waals surface area contributed by atoms with E-state index in [2.05, 4.69) is 10.6 Å². The van der Waals surface area contributed by atoms with Gasteiger partial charge in [-0.1, -0.05) is 348 Å². The van der Waals surface area contributed by atoms with Gasteiger partial charge < -0.3 is 16.4 Å². The molecule has 446 valence electrons. The van der Waals surface area contributed by atoms with Gasteiger partial charge in [-0.3, -0.25) is 4.90 Å². The molecule has 0 aliphatic rings. The summed E-state index contributed by atoms with van der Waals surface area (Å²) in [6, 6.07) is 0. The predicted octanol–water partition coefficient (Wildman–Crippen LogP) is 27.9. The number of halogens is 30. The molecule has 0 heterocycles. The van der Waals surface area contributed by atoms with Gasteiger partial charge >= 0.3 is 0 Å². The van der Waals surface area contributed by atoms with Gasteiger partial charge in [-0.2, -0.15) is 0 Å². The average Bonchev–Trinajstić information content (AvgIpc) is 3.46. The Labute approximate surface area is 620 Å². The Balaban J connectivity index is 2.10. The van der Waals surface area contributed by atoms with Gasteiger partial charge in [0.1, 0.15) is 0 Å². The maximum Gasteiger partial charge on any atom is 0.0809 e. The van der Waals surface area contributed by atoms with Gasteiger partial charge in [0.2, 0.25) is 0 Å². The lowest BCUT2D eigenvalue weighted by Gasteiger charge is -2.58. The largest absolute Gasteiger partial charge is 0.329 e. The molecule has 0 fully saturated rings. The Bertz CT molecular complexity index is 3160. The summed E-state index contributed by atoms with van der Waals surface area (Å²) in [6.45, 7) is -0.615. The average molecular weight is 1720 g/mol. The zero-order chi connectivity index (χ0) is 61.8. The SMILES string of the molecule is NCCNCCNC(Cc1c(Cl)c(Cl)c(Cl)c(Cl)c1Cl)(Cc1c(Cl)c(Cl)c(Cl)c(Cl)c1Cl)C(Cc1c(Cl)c(Cl)c(Cl)c(Cl)c1Cl)(Cc1c(Cl)c(Cl)c(Cl)c(Cl)c1Cl)N(Cc1c(Cl)c(Cl)c(Cl)c(Cl)c1Cl)Cc1c(Cl)c(Cl)c(Cl)c(Cl)c1Cl. The fourth-order valence-corrected chi connectivity index (χ4v) is 16.8. The summed E-state index contributed by atoms with van der Waals surface area (Å²) >= 11 is 212. The van der Waals surface area contributed by atoms with Gasteiger partial charge in [-0.15, -0.1) is 0 Å². The van der Waals surface area contributed by atoms with E-state index in [0.29, 0.717) is 6.54 Å². The second-order valence-electron chi connectivity index (χ2n) is 17.4. The van der Waals surface area contributed by atoms with E-state index in [1.54, 1.807) is 4.90 Å². The van der Waals surface area contributed by atoms with E-state index in [9.17, 15) is 0 Å². The normalized spacial score (nSPS) is 12.3. The number of hydrogen-bond donors (Lipinski definition) is 3. The van der Waals surface area contributed by atoms with Crippen molar-refractivity contribution in [1.82, 2.24) is 15.5 Å². The first-order valence-electron chi connectivity index (χ1n) is 22.0. The molecule has 0 aliphatic heterocycles. The highest BCUT2D eigenvalue weighted by molar-refractivity contribution is 6.60. The number of rotatable bonds is 20. The Morgan fingerprint density at radius 3 is 0.659 bits per heavy atom. The molecule has 0 aromatic heterocycles. The first-order valence-corrected chi connectivity index (χ1v) is 33.4. The molecule has 0 spiro atoms. The molecule has 0 bridgehead atoms. The van der Waals surface area contributed by atoms with E-state index in [1.165, 1.54) is 0 Å². The van der Waals surface area contributed by atoms with E-state index in [1.807, 2.05) is 0 Å². The molecule has 0 atom stereocenters. The third-order valence-corrected chi connectivity index (χ3v) is 27.1. The minimum Gasteiger partial charge on any atom is -0.329 e. The summed E-state index contributed by atoms with van der Waals surface area (Å²) in [5, 5.41) is -0.389. The van der Waals surface area contributed by atoms with Gasteiger partial charge in [0, 0.05) is 61.5 Å². The first-order chi connectivity index (χ1) is 38.1. The molecule has 0 aliphatic carbocycles. The number of nitrogens with zero attached hydrogens (tertiary/aromatic N) is 1. The van der Waals surface area contributed by atoms with E-state index in [-0.39, 0.29) is 204 Å². The lowest BCUT2D eigenvalue weighted by Crippen LogP contribution is -2.74. The molecule has 0 saturated carbocycles. The molecule has 34 heteroatoms. The van der Waals surface area contributed by atoms with Crippen LogP contribution in [-0.4, -0.2) is 42.2 Å². The summed E-state index contributed by atoms with van der Waals surface area (Å²) in [4.78, 5) is 1.67. The molecular weight excluding hydrogens is 1700 g/mol. The van der Waals surface area contributed by atoms with Gasteiger partial charge in [0.15, 0.2) is 0 Å². The van der Waals surface area contributed by atoms with Crippen molar-refractivity contribution in [2.75, 3.05) is 26.2 Å². The zero-order valence-corrected chi connectivity index (χ0v) is 62.1. The highest BCUT2D eigenvalue weighted by Crippen LogP contribution is 2.58. The maximum atomic E-state index is 7.41. The quantitative estimate of drug-likeness (QED) is 0.0405. The van der Waals surface area contributed by atoms with Crippen LogP contribution in [0.1, 0.15) is 33.4 Å². The molecule has 4 N–H and O–H groups in total. The van der Waals surface area contributed by atoms with Crippen LogP contribution in [0.15, 0.2) is 0 Å². The Morgan fingerprint density at radius 2 is 0.439 bits per heavy atom. The van der Waals surface area contributed by atoms with Crippen molar-refractivity contribution in [3.05, 3.63) is 184 Å². The Kier molecular flexibility index (Phi) is 28.3. The van der Waals surface area contributed by atoms with Crippen molar-refractivity contribution in [2.24, 2.45) is 5.73 Å². The molecule has 0 unspecified atom stereocenters. The summed E-state index contributed by atoms with van der Waals surface area (Å²) in [5.41, 5.74) is 1.44. The second-order valence-corrected chi connectivity index (χ2v) is 28.8. The van der Waals surface area contributed by atoms with Crippen molar-refractivity contribution in [3.63, 3.8) is 0 Å². The van der Waals surface area contributed by atoms with Crippen LogP contribution in [0, 0.1) is 0 Å². The molecule has 6 aromatic rings. The summed E-state index contributed by atoms with van der Waals surface area (Å²) in [6.07, 6.45) is -2.25. The third kappa shape index (κ3) is 14.6. The highest BCUT2D eigenvalue weighted by Gasteiger charge is 2.58. The van der Waals surface area contributed by atoms with Gasteiger partial charge in [-0.05, 0) is 47.9 Å². The van der Waals surface area contributed by atoms with Crippen molar-refractivity contribution in [2.45, 2.75) is 49.9 Å². The molecule has 6 aromatic carbocycles. The molecule has 6 rings (SSSR count). The van der Waals surface area contributed by atoms with Crippen LogP contribution in [0.3, 0.4) is 0 Å². The lowest BCUT2D eigenvalue weighted by molar-refractivity contribution is -0.0211. The summed E-state index contributed by atoms with van der Waals surface area (Å²) in [7, 11) is 0. The minimum atomic E-state index is -2.24. The third-order valence-electron chi connectivity index (χ3n) is 13.0. The van der Waals surface area contributed by atoms with Crippen LogP contribution in [-0.2, 0) is 38.8 Å². The fourth-order valence-electron chi connectivity index (χ4n) is 8.95. The van der Waals surface area contributed by atoms with E-state index in [4.69, 9.17) is 354 Å². The smallest absolute Gasteiger partial charge is 0.0809 e. The lowest BCUT2D eigenvalue weighted by atomic mass is 9.62. The van der Waals surface area contributed by atoms with Crippen molar-refractivity contribution < 1.29 is 0 Å². The van der Waals surface area contributed by atoms with Crippen LogP contribution >= 0.6 is 348 Å². The number of hydrogen-bond acceptors (Lipinski definition) is 4. The topological polar surface area (TPSA) is 53.3 Å². The van der Waals surface area contributed by atoms with Crippen LogP contribution < -0.4 is 16.4 Å². The van der Waals surface area contributed by atoms with Crippen LogP contribution in [0.25, 0.3) is 0 Å². The molecule has 0 saturated heterocycles. The minimum absolute atomic E-state index is 0.0103. The Hall–Kier alpha value is 3.86. The zero-order valence-electron chi connectivity index (χ0n) is 39.4. The van der Waals surface area contributed by atoms with E-state index in [0.717, 1.165) is 0 Å². The molecular formula is C48H24Cl30N4. The van der Waals surface area contributed by atoms with Gasteiger partial charge in [0.25, 0.3) is 0 Å². The standard InChI is InChI=1S/C48H24Cl30N4/c49-17-11(18(50)30(62)41(73)29(17)61)5-47(81-4-3-80-2-1-79,6-12-19(51)31(63)42(74)32(64)20(12)52)48(7-13-21(53)33(65)43(75)34(66)22(13)54,8-14-23(55)35(67)44(76)36(68)24(14)56)82(9-15-25(57)37(69)45(77)38(70)26(15)58)10-16-27(59)39(71)46(78)40(72)28(16)60/h80-81H,1-10,79H2. The number of nitrogens with two attached hydrogens (primary N) is 1. The monoisotopic (exact) mass is 1710 g/mol. The van der Waals surface area contributed by atoms with E-state index < -0.39 is 49.9 Å². The first kappa shape index (κ1) is 74.9. The number of benzene rings is 6. The van der Waals surface area contributed by atoms with Crippen LogP contribution in [0.5, 0.6) is 0 Å². The molecule has 0 radical (unpaired) electrons. The Morgan fingerprint density at radius 1 is 0.244 bits per heavy atom. The summed E-state index contributed by atoms with van der Waals surface area (Å²) < 4.78 is 0. The van der Waals surface area contributed by atoms with Gasteiger partial charge in [-0.25, -0.2) is 0 Å². The maximum absolute atomic E-state index is 7.41. The molecule has 82 heavy (non-hydrogen) atoms. The highest BCUT2D eigenvalue weighted by atomic mass is 35.5. The number of nitrogens with one attached hydrogen (secondary N) is 2.